The van der Waals surface area contributed by atoms with Crippen molar-refractivity contribution in [2.45, 2.75) is 6.04 Å². The van der Waals surface area contributed by atoms with E-state index in [9.17, 15) is 4.39 Å². The molecule has 0 unspecified atom stereocenters. The zero-order chi connectivity index (χ0) is 10.8. The van der Waals surface area contributed by atoms with Crippen molar-refractivity contribution in [1.82, 2.24) is 9.78 Å². The highest BCUT2D eigenvalue weighted by molar-refractivity contribution is 5.28. The summed E-state index contributed by atoms with van der Waals surface area (Å²) in [7, 11) is 1.82. The summed E-state index contributed by atoms with van der Waals surface area (Å²) in [6, 6.07) is 5.98. The Morgan fingerprint density at radius 1 is 1.40 bits per heavy atom. The number of halogens is 1. The van der Waals surface area contributed by atoms with Crippen LogP contribution >= 0.6 is 0 Å². The maximum Gasteiger partial charge on any atom is 0.123 e. The van der Waals surface area contributed by atoms with Crippen LogP contribution in [0.15, 0.2) is 36.7 Å². The molecule has 1 atom stereocenters. The molecule has 1 aromatic heterocycles. The molecule has 2 rings (SSSR count). The predicted octanol–water partition coefficient (Wildman–Crippen LogP) is 1.61. The van der Waals surface area contributed by atoms with Crippen LogP contribution in [0.5, 0.6) is 0 Å². The lowest BCUT2D eigenvalue weighted by Crippen LogP contribution is -2.11. The standard InChI is InChI=1S/C11H12FN3/c1-15-7-9(6-14-15)11(13)8-3-2-4-10(12)5-8/h2-7,11H,13H2,1H3/t11-/m0/s1. The molecule has 0 saturated heterocycles. The minimum absolute atomic E-state index is 0.271. The summed E-state index contributed by atoms with van der Waals surface area (Å²) in [6.07, 6.45) is 3.52. The summed E-state index contributed by atoms with van der Waals surface area (Å²) in [4.78, 5) is 0. The Balaban J connectivity index is 2.32. The molecule has 1 aromatic carbocycles. The Hall–Kier alpha value is -1.68. The predicted molar refractivity (Wildman–Crippen MR) is 55.6 cm³/mol. The van der Waals surface area contributed by atoms with Crippen molar-refractivity contribution < 1.29 is 4.39 Å². The van der Waals surface area contributed by atoms with Crippen LogP contribution in [0.1, 0.15) is 17.2 Å². The first-order valence-corrected chi connectivity index (χ1v) is 4.66. The van der Waals surface area contributed by atoms with E-state index >= 15 is 0 Å². The van der Waals surface area contributed by atoms with Crippen molar-refractivity contribution in [2.75, 3.05) is 0 Å². The van der Waals surface area contributed by atoms with Gasteiger partial charge in [-0.1, -0.05) is 12.1 Å². The van der Waals surface area contributed by atoms with Gasteiger partial charge >= 0.3 is 0 Å². The van der Waals surface area contributed by atoms with Gasteiger partial charge in [-0.2, -0.15) is 5.10 Å². The summed E-state index contributed by atoms with van der Waals surface area (Å²) < 4.78 is 14.6. The van der Waals surface area contributed by atoms with E-state index in [0.717, 1.165) is 11.1 Å². The van der Waals surface area contributed by atoms with Gasteiger partial charge in [0.25, 0.3) is 0 Å². The highest BCUT2D eigenvalue weighted by Gasteiger charge is 2.10. The third-order valence-corrected chi connectivity index (χ3v) is 2.29. The van der Waals surface area contributed by atoms with Crippen LogP contribution in [0, 0.1) is 5.82 Å². The van der Waals surface area contributed by atoms with Gasteiger partial charge in [-0.15, -0.1) is 0 Å². The molecule has 3 nitrogen and oxygen atoms in total. The first kappa shape index (κ1) is 9.86. The van der Waals surface area contributed by atoms with Crippen molar-refractivity contribution in [1.29, 1.82) is 0 Å². The first-order chi connectivity index (χ1) is 7.16. The Bertz CT molecular complexity index is 464. The summed E-state index contributed by atoms with van der Waals surface area (Å²) in [5, 5.41) is 4.03. The third kappa shape index (κ3) is 2.05. The van der Waals surface area contributed by atoms with E-state index in [2.05, 4.69) is 5.10 Å². The van der Waals surface area contributed by atoms with Crippen molar-refractivity contribution in [3.63, 3.8) is 0 Å². The molecule has 0 radical (unpaired) electrons. The molecular weight excluding hydrogens is 193 g/mol. The molecule has 78 valence electrons. The Morgan fingerprint density at radius 2 is 2.20 bits per heavy atom. The lowest BCUT2D eigenvalue weighted by atomic mass is 10.0. The molecular formula is C11H12FN3. The van der Waals surface area contributed by atoms with E-state index < -0.39 is 0 Å². The highest BCUT2D eigenvalue weighted by atomic mass is 19.1. The second-order valence-corrected chi connectivity index (χ2v) is 3.48. The number of hydrogen-bond acceptors (Lipinski definition) is 2. The average molecular weight is 205 g/mol. The molecule has 0 bridgehead atoms. The molecule has 4 heteroatoms. The third-order valence-electron chi connectivity index (χ3n) is 2.29. The Morgan fingerprint density at radius 3 is 2.80 bits per heavy atom. The topological polar surface area (TPSA) is 43.8 Å². The molecule has 0 aliphatic carbocycles. The minimum Gasteiger partial charge on any atom is -0.320 e. The van der Waals surface area contributed by atoms with E-state index in [1.54, 1.807) is 23.0 Å². The highest BCUT2D eigenvalue weighted by Crippen LogP contribution is 2.19. The molecule has 2 aromatic rings. The maximum absolute atomic E-state index is 13.0. The average Bonchev–Trinajstić information content (AvgIpc) is 2.64. The Kier molecular flexibility index (Phi) is 2.51. The fraction of sp³-hybridized carbons (Fsp3) is 0.182. The number of aryl methyl sites for hydroxylation is 1. The second-order valence-electron chi connectivity index (χ2n) is 3.48. The normalized spacial score (nSPS) is 12.7. The molecule has 1 heterocycles. The quantitative estimate of drug-likeness (QED) is 0.809. The molecule has 2 N–H and O–H groups in total. The summed E-state index contributed by atoms with van der Waals surface area (Å²) in [6.45, 7) is 0. The van der Waals surface area contributed by atoms with Gasteiger partial charge in [0, 0.05) is 18.8 Å². The molecule has 0 aliphatic rings. The van der Waals surface area contributed by atoms with Gasteiger partial charge in [-0.3, -0.25) is 4.68 Å². The van der Waals surface area contributed by atoms with Crippen molar-refractivity contribution in [3.8, 4) is 0 Å². The van der Waals surface area contributed by atoms with Gasteiger partial charge in [0.1, 0.15) is 5.82 Å². The van der Waals surface area contributed by atoms with Crippen molar-refractivity contribution in [3.05, 3.63) is 53.6 Å². The molecule has 0 fully saturated rings. The van der Waals surface area contributed by atoms with E-state index in [-0.39, 0.29) is 11.9 Å². The number of rotatable bonds is 2. The van der Waals surface area contributed by atoms with Crippen LogP contribution in [0.2, 0.25) is 0 Å². The molecule has 0 amide bonds. The zero-order valence-electron chi connectivity index (χ0n) is 8.39. The van der Waals surface area contributed by atoms with E-state index in [1.807, 2.05) is 13.2 Å². The number of nitrogens with two attached hydrogens (primary N) is 1. The largest absolute Gasteiger partial charge is 0.320 e. The van der Waals surface area contributed by atoms with Gasteiger partial charge in [0.15, 0.2) is 0 Å². The van der Waals surface area contributed by atoms with Crippen molar-refractivity contribution >= 4 is 0 Å². The number of benzene rings is 1. The minimum atomic E-state index is -0.325. The smallest absolute Gasteiger partial charge is 0.123 e. The number of nitrogens with zero attached hydrogens (tertiary/aromatic N) is 2. The van der Waals surface area contributed by atoms with Crippen LogP contribution in [-0.2, 0) is 7.05 Å². The number of hydrogen-bond donors (Lipinski definition) is 1. The second kappa shape index (κ2) is 3.82. The van der Waals surface area contributed by atoms with E-state index in [0.29, 0.717) is 0 Å². The fourth-order valence-electron chi connectivity index (χ4n) is 1.49. The SMILES string of the molecule is Cn1cc([C@@H](N)c2cccc(F)c2)cn1. The van der Waals surface area contributed by atoms with Gasteiger partial charge in [0.05, 0.1) is 12.2 Å². The van der Waals surface area contributed by atoms with E-state index in [4.69, 9.17) is 5.73 Å². The lowest BCUT2D eigenvalue weighted by molar-refractivity contribution is 0.623. The van der Waals surface area contributed by atoms with Gasteiger partial charge < -0.3 is 5.73 Å². The van der Waals surface area contributed by atoms with E-state index in [1.165, 1.54) is 12.1 Å². The van der Waals surface area contributed by atoms with Crippen LogP contribution in [-0.4, -0.2) is 9.78 Å². The van der Waals surface area contributed by atoms with Gasteiger partial charge in [0.2, 0.25) is 0 Å². The molecule has 0 aliphatic heterocycles. The maximum atomic E-state index is 13.0. The van der Waals surface area contributed by atoms with Crippen LogP contribution in [0.3, 0.4) is 0 Å². The molecule has 0 spiro atoms. The van der Waals surface area contributed by atoms with Crippen LogP contribution in [0.4, 0.5) is 4.39 Å². The first-order valence-electron chi connectivity index (χ1n) is 4.66. The molecule has 0 saturated carbocycles. The molecule has 15 heavy (non-hydrogen) atoms. The number of aromatic nitrogens is 2. The zero-order valence-corrected chi connectivity index (χ0v) is 8.39. The van der Waals surface area contributed by atoms with Crippen LogP contribution < -0.4 is 5.73 Å². The lowest BCUT2D eigenvalue weighted by Gasteiger charge is -2.09. The monoisotopic (exact) mass is 205 g/mol. The van der Waals surface area contributed by atoms with Crippen LogP contribution in [0.25, 0.3) is 0 Å². The summed E-state index contributed by atoms with van der Waals surface area (Å²) in [5.74, 6) is -0.271. The summed E-state index contributed by atoms with van der Waals surface area (Å²) >= 11 is 0. The van der Waals surface area contributed by atoms with Gasteiger partial charge in [-0.05, 0) is 17.7 Å². The van der Waals surface area contributed by atoms with Gasteiger partial charge in [-0.25, -0.2) is 4.39 Å². The summed E-state index contributed by atoms with van der Waals surface area (Å²) in [5.41, 5.74) is 7.61. The van der Waals surface area contributed by atoms with Crippen molar-refractivity contribution in [2.24, 2.45) is 12.8 Å². The fourth-order valence-corrected chi connectivity index (χ4v) is 1.49. The Labute approximate surface area is 87.3 Å².